The van der Waals surface area contributed by atoms with E-state index >= 15 is 0 Å². The summed E-state index contributed by atoms with van der Waals surface area (Å²) >= 11 is 0. The van der Waals surface area contributed by atoms with E-state index in [-0.39, 0.29) is 17.4 Å². The predicted octanol–water partition coefficient (Wildman–Crippen LogP) is 2.72. The molecule has 0 fully saturated rings. The molecule has 2 aromatic rings. The van der Waals surface area contributed by atoms with Gasteiger partial charge < -0.3 is 16.4 Å². The first-order valence-corrected chi connectivity index (χ1v) is 8.27. The fourth-order valence-corrected chi connectivity index (χ4v) is 2.31. The van der Waals surface area contributed by atoms with Gasteiger partial charge in [-0.3, -0.25) is 9.59 Å². The van der Waals surface area contributed by atoms with Crippen LogP contribution in [-0.4, -0.2) is 23.4 Å². The first-order valence-electron chi connectivity index (χ1n) is 8.27. The Morgan fingerprint density at radius 2 is 1.60 bits per heavy atom. The second kappa shape index (κ2) is 7.94. The monoisotopic (exact) mass is 339 g/mol. The molecule has 5 nitrogen and oxygen atoms in total. The first-order chi connectivity index (χ1) is 11.7. The van der Waals surface area contributed by atoms with Crippen LogP contribution in [0.2, 0.25) is 0 Å². The van der Waals surface area contributed by atoms with Gasteiger partial charge in [0, 0.05) is 16.8 Å². The molecule has 0 aliphatic rings. The molecule has 0 aliphatic heterocycles. The molecule has 2 rings (SSSR count). The second-order valence-corrected chi connectivity index (χ2v) is 7.07. The molecule has 0 unspecified atom stereocenters. The SMILES string of the molecule is CC(C)(C)NC(=O)c1ccc(NC(=O)[C@@H](N)Cc2ccccc2)cc1. The van der Waals surface area contributed by atoms with Gasteiger partial charge in [-0.1, -0.05) is 30.3 Å². The van der Waals surface area contributed by atoms with Gasteiger partial charge in [-0.05, 0) is 57.0 Å². The lowest BCUT2D eigenvalue weighted by Crippen LogP contribution is -2.40. The van der Waals surface area contributed by atoms with Crippen LogP contribution >= 0.6 is 0 Å². The maximum atomic E-state index is 12.2. The number of carbonyl (C=O) groups excluding carboxylic acids is 2. The maximum Gasteiger partial charge on any atom is 0.251 e. The smallest absolute Gasteiger partial charge is 0.251 e. The van der Waals surface area contributed by atoms with Crippen LogP contribution in [0.3, 0.4) is 0 Å². The van der Waals surface area contributed by atoms with Crippen molar-refractivity contribution in [2.45, 2.75) is 38.8 Å². The summed E-state index contributed by atoms with van der Waals surface area (Å²) in [5, 5.41) is 5.68. The number of hydrogen-bond donors (Lipinski definition) is 3. The van der Waals surface area contributed by atoms with Crippen molar-refractivity contribution in [1.29, 1.82) is 0 Å². The minimum Gasteiger partial charge on any atom is -0.347 e. The number of rotatable bonds is 5. The van der Waals surface area contributed by atoms with Crippen LogP contribution in [0.25, 0.3) is 0 Å². The van der Waals surface area contributed by atoms with Gasteiger partial charge in [0.1, 0.15) is 0 Å². The van der Waals surface area contributed by atoms with E-state index in [1.807, 2.05) is 51.1 Å². The van der Waals surface area contributed by atoms with E-state index < -0.39 is 6.04 Å². The Bertz CT molecular complexity index is 719. The second-order valence-electron chi connectivity index (χ2n) is 7.07. The number of benzene rings is 2. The molecule has 5 heteroatoms. The Morgan fingerprint density at radius 3 is 2.16 bits per heavy atom. The summed E-state index contributed by atoms with van der Waals surface area (Å²) in [6.07, 6.45) is 0.471. The molecule has 132 valence electrons. The molecular formula is C20H25N3O2. The van der Waals surface area contributed by atoms with Crippen molar-refractivity contribution in [1.82, 2.24) is 5.32 Å². The van der Waals surface area contributed by atoms with Gasteiger partial charge >= 0.3 is 0 Å². The van der Waals surface area contributed by atoms with Gasteiger partial charge in [0.25, 0.3) is 5.91 Å². The Balaban J connectivity index is 1.94. The molecule has 0 heterocycles. The van der Waals surface area contributed by atoms with E-state index in [0.29, 0.717) is 17.7 Å². The lowest BCUT2D eigenvalue weighted by Gasteiger charge is -2.20. The van der Waals surface area contributed by atoms with E-state index in [1.54, 1.807) is 24.3 Å². The highest BCUT2D eigenvalue weighted by molar-refractivity contribution is 5.97. The van der Waals surface area contributed by atoms with E-state index in [1.165, 1.54) is 0 Å². The highest BCUT2D eigenvalue weighted by atomic mass is 16.2. The number of anilines is 1. The van der Waals surface area contributed by atoms with Crippen molar-refractivity contribution in [2.75, 3.05) is 5.32 Å². The predicted molar refractivity (Wildman–Crippen MR) is 100 cm³/mol. The average Bonchev–Trinajstić information content (AvgIpc) is 2.54. The normalized spacial score (nSPS) is 12.3. The third kappa shape index (κ3) is 6.04. The maximum absolute atomic E-state index is 12.2. The molecule has 0 aliphatic carbocycles. The zero-order valence-corrected chi connectivity index (χ0v) is 14.9. The van der Waals surface area contributed by atoms with Crippen molar-refractivity contribution in [3.63, 3.8) is 0 Å². The standard InChI is InChI=1S/C20H25N3O2/c1-20(2,3)23-18(24)15-9-11-16(12-10-15)22-19(25)17(21)13-14-7-5-4-6-8-14/h4-12,17H,13,21H2,1-3H3,(H,22,25)(H,23,24)/t17-/m0/s1. The summed E-state index contributed by atoms with van der Waals surface area (Å²) < 4.78 is 0. The van der Waals surface area contributed by atoms with E-state index in [9.17, 15) is 9.59 Å². The molecule has 0 bridgehead atoms. The Hall–Kier alpha value is -2.66. The van der Waals surface area contributed by atoms with Crippen LogP contribution in [0.15, 0.2) is 54.6 Å². The number of hydrogen-bond acceptors (Lipinski definition) is 3. The fourth-order valence-electron chi connectivity index (χ4n) is 2.31. The molecule has 0 saturated heterocycles. The number of amides is 2. The number of carbonyl (C=O) groups is 2. The molecule has 2 aromatic carbocycles. The molecule has 4 N–H and O–H groups in total. The number of nitrogens with one attached hydrogen (secondary N) is 2. The highest BCUT2D eigenvalue weighted by Gasteiger charge is 2.16. The van der Waals surface area contributed by atoms with Crippen LogP contribution < -0.4 is 16.4 Å². The molecule has 0 aromatic heterocycles. The lowest BCUT2D eigenvalue weighted by molar-refractivity contribution is -0.117. The van der Waals surface area contributed by atoms with Crippen molar-refractivity contribution in [3.8, 4) is 0 Å². The van der Waals surface area contributed by atoms with Crippen molar-refractivity contribution >= 4 is 17.5 Å². The molecule has 2 amide bonds. The highest BCUT2D eigenvalue weighted by Crippen LogP contribution is 2.12. The van der Waals surface area contributed by atoms with Crippen LogP contribution in [0.1, 0.15) is 36.7 Å². The lowest BCUT2D eigenvalue weighted by atomic mass is 10.1. The minimum atomic E-state index is -0.633. The summed E-state index contributed by atoms with van der Waals surface area (Å²) in [7, 11) is 0. The van der Waals surface area contributed by atoms with Gasteiger partial charge in [-0.25, -0.2) is 0 Å². The first kappa shape index (κ1) is 18.7. The third-order valence-electron chi connectivity index (χ3n) is 3.54. The van der Waals surface area contributed by atoms with Gasteiger partial charge in [0.05, 0.1) is 6.04 Å². The van der Waals surface area contributed by atoms with Gasteiger partial charge in [0.2, 0.25) is 5.91 Å². The third-order valence-corrected chi connectivity index (χ3v) is 3.54. The van der Waals surface area contributed by atoms with Crippen LogP contribution in [0.5, 0.6) is 0 Å². The quantitative estimate of drug-likeness (QED) is 0.783. The van der Waals surface area contributed by atoms with Gasteiger partial charge in [0.15, 0.2) is 0 Å². The zero-order chi connectivity index (χ0) is 18.4. The summed E-state index contributed by atoms with van der Waals surface area (Å²) in [5.41, 5.74) is 7.84. The molecule has 25 heavy (non-hydrogen) atoms. The van der Waals surface area contributed by atoms with Crippen LogP contribution in [-0.2, 0) is 11.2 Å². The molecule has 0 saturated carbocycles. The minimum absolute atomic E-state index is 0.147. The molecule has 1 atom stereocenters. The van der Waals surface area contributed by atoms with Crippen molar-refractivity contribution in [2.24, 2.45) is 5.73 Å². The summed E-state index contributed by atoms with van der Waals surface area (Å²) in [6.45, 7) is 5.77. The van der Waals surface area contributed by atoms with Gasteiger partial charge in [-0.15, -0.1) is 0 Å². The molecule has 0 spiro atoms. The average molecular weight is 339 g/mol. The van der Waals surface area contributed by atoms with Crippen LogP contribution in [0, 0.1) is 0 Å². The summed E-state index contributed by atoms with van der Waals surface area (Å²) in [4.78, 5) is 24.3. The van der Waals surface area contributed by atoms with E-state index in [2.05, 4.69) is 10.6 Å². The number of nitrogens with two attached hydrogens (primary N) is 1. The zero-order valence-electron chi connectivity index (χ0n) is 14.9. The van der Waals surface area contributed by atoms with Crippen molar-refractivity contribution < 1.29 is 9.59 Å². The van der Waals surface area contributed by atoms with E-state index in [4.69, 9.17) is 5.73 Å². The summed E-state index contributed by atoms with van der Waals surface area (Å²) in [5.74, 6) is -0.401. The Morgan fingerprint density at radius 1 is 1.00 bits per heavy atom. The topological polar surface area (TPSA) is 84.2 Å². The van der Waals surface area contributed by atoms with Crippen LogP contribution in [0.4, 0.5) is 5.69 Å². The van der Waals surface area contributed by atoms with E-state index in [0.717, 1.165) is 5.56 Å². The van der Waals surface area contributed by atoms with Gasteiger partial charge in [-0.2, -0.15) is 0 Å². The fraction of sp³-hybridized carbons (Fsp3) is 0.300. The Labute approximate surface area is 148 Å². The summed E-state index contributed by atoms with van der Waals surface area (Å²) in [6, 6.07) is 15.8. The molecular weight excluding hydrogens is 314 g/mol. The largest absolute Gasteiger partial charge is 0.347 e. The molecule has 0 radical (unpaired) electrons. The Kier molecular flexibility index (Phi) is 5.93. The van der Waals surface area contributed by atoms with Crippen molar-refractivity contribution in [3.05, 3.63) is 65.7 Å².